The van der Waals surface area contributed by atoms with Crippen LogP contribution < -0.4 is 5.32 Å². The van der Waals surface area contributed by atoms with Gasteiger partial charge in [0.2, 0.25) is 0 Å². The van der Waals surface area contributed by atoms with E-state index in [4.69, 9.17) is 4.74 Å². The van der Waals surface area contributed by atoms with E-state index in [-0.39, 0.29) is 64.2 Å². The third kappa shape index (κ3) is 19.8. The van der Waals surface area contributed by atoms with Gasteiger partial charge < -0.3 is 19.7 Å². The fourth-order valence-corrected chi connectivity index (χ4v) is 5.26. The summed E-state index contributed by atoms with van der Waals surface area (Å²) in [5.74, 6) is 1.02. The maximum atomic E-state index is 12.1. The van der Waals surface area contributed by atoms with Crippen LogP contribution >= 0.6 is 27.0 Å². The molecule has 0 unspecified atom stereocenters. The molecule has 0 aromatic carbocycles. The second kappa shape index (κ2) is 24.3. The Labute approximate surface area is 259 Å². The highest BCUT2D eigenvalue weighted by Gasteiger charge is 2.34. The molecule has 2 saturated carbocycles. The van der Waals surface area contributed by atoms with E-state index in [1.54, 1.807) is 27.8 Å². The molecule has 40 heavy (non-hydrogen) atoms. The van der Waals surface area contributed by atoms with Crippen molar-refractivity contribution in [1.29, 1.82) is 0 Å². The first kappa shape index (κ1) is 45.7. The molecule has 1 amide bonds. The topological polar surface area (TPSA) is 102 Å². The summed E-state index contributed by atoms with van der Waals surface area (Å²) in [4.78, 5) is 46.5. The lowest BCUT2D eigenvalue weighted by molar-refractivity contribution is -0.140. The number of carbonyl (C=O) groups excluding carboxylic acids is 4. The molecule has 0 saturated heterocycles. The van der Waals surface area contributed by atoms with Gasteiger partial charge in [0.05, 0.1) is 18.7 Å². The Morgan fingerprint density at radius 1 is 0.825 bits per heavy atom. The maximum absolute atomic E-state index is 12.1. The fourth-order valence-electron chi connectivity index (χ4n) is 5.26. The normalized spacial score (nSPS) is 16.7. The van der Waals surface area contributed by atoms with Crippen LogP contribution in [0, 0.1) is 11.8 Å². The van der Waals surface area contributed by atoms with Crippen LogP contribution in [-0.4, -0.2) is 66.9 Å². The highest BCUT2D eigenvalue weighted by molar-refractivity contribution is 7.59. The maximum Gasteiger partial charge on any atom is 0.410 e. The Bertz CT molecular complexity index is 703. The molecular formula is C30H62N2O6S2. The summed E-state index contributed by atoms with van der Waals surface area (Å²) in [6, 6.07) is -0.222. The van der Waals surface area contributed by atoms with E-state index in [0.29, 0.717) is 18.3 Å². The molecule has 0 aliphatic heterocycles. The monoisotopic (exact) mass is 610 g/mol. The number of hydrogen-bond donors (Lipinski definition) is 1. The number of ether oxygens (including phenoxy) is 2. The minimum Gasteiger partial charge on any atom is -0.466 e. The summed E-state index contributed by atoms with van der Waals surface area (Å²) in [7, 11) is 3.56. The van der Waals surface area contributed by atoms with Crippen molar-refractivity contribution in [3.63, 3.8) is 0 Å². The molecular weight excluding hydrogens is 548 g/mol. The van der Waals surface area contributed by atoms with Crippen LogP contribution in [0.5, 0.6) is 0 Å². The summed E-state index contributed by atoms with van der Waals surface area (Å²) >= 11 is 0. The Morgan fingerprint density at radius 3 is 1.52 bits per heavy atom. The van der Waals surface area contributed by atoms with Crippen LogP contribution in [0.15, 0.2) is 0 Å². The highest BCUT2D eigenvalue weighted by atomic mass is 32.1. The number of carbonyl (C=O) groups is 4. The minimum atomic E-state index is -0.529. The standard InChI is InChI=1S/C15H27NO3.C10H19NO.C4H8O2.CH4.2H2S/c1-11(17)13(12-9-7-6-8-10-12)16(5)14(18)19-15(2,3)4;1-8(12)10(11-2)9-6-4-3-5-7-9;1-3-6-4(2)5;;;/h12-13H,6-10H2,1-5H3;9-11H,3-7H2,1-2H3;3H2,1-2H3;1H4;2*1H2/t13-;10-;;;;/m11..../s1. The van der Waals surface area contributed by atoms with Gasteiger partial charge in [-0.25, -0.2) is 4.79 Å². The molecule has 2 atom stereocenters. The molecule has 8 nitrogen and oxygen atoms in total. The van der Waals surface area contributed by atoms with Gasteiger partial charge in [0.15, 0.2) is 5.78 Å². The molecule has 0 bridgehead atoms. The van der Waals surface area contributed by atoms with Crippen LogP contribution in [0.4, 0.5) is 4.79 Å². The zero-order valence-corrected chi connectivity index (χ0v) is 28.0. The summed E-state index contributed by atoms with van der Waals surface area (Å²) < 4.78 is 9.76. The van der Waals surface area contributed by atoms with Crippen LogP contribution in [-0.2, 0) is 23.9 Å². The number of esters is 1. The second-order valence-corrected chi connectivity index (χ2v) is 11.2. The van der Waals surface area contributed by atoms with Crippen molar-refractivity contribution >= 4 is 50.6 Å². The van der Waals surface area contributed by atoms with Crippen molar-refractivity contribution in [2.24, 2.45) is 11.8 Å². The largest absolute Gasteiger partial charge is 0.466 e. The van der Waals surface area contributed by atoms with E-state index in [2.05, 4.69) is 10.1 Å². The Hall–Kier alpha value is -1.26. The SMILES string of the molecule is C.CC(=O)[C@H](C1CCCCC1)N(C)C(=O)OC(C)(C)C.CCOC(C)=O.CN[C@H](C(C)=O)C1CCCCC1.S.S. The van der Waals surface area contributed by atoms with Crippen LogP contribution in [0.1, 0.15) is 120 Å². The lowest BCUT2D eigenvalue weighted by Gasteiger charge is -2.35. The van der Waals surface area contributed by atoms with Crippen LogP contribution in [0.25, 0.3) is 0 Å². The van der Waals surface area contributed by atoms with E-state index in [0.717, 1.165) is 25.7 Å². The van der Waals surface area contributed by atoms with Gasteiger partial charge in [-0.1, -0.05) is 46.0 Å². The first-order valence-corrected chi connectivity index (χ1v) is 14.0. The molecule has 0 heterocycles. The molecule has 0 spiro atoms. The molecule has 2 fully saturated rings. The molecule has 240 valence electrons. The number of nitrogens with zero attached hydrogens (tertiary/aromatic N) is 1. The van der Waals surface area contributed by atoms with Gasteiger partial charge in [0.1, 0.15) is 11.4 Å². The summed E-state index contributed by atoms with van der Waals surface area (Å²) in [5, 5.41) is 3.12. The zero-order valence-electron chi connectivity index (χ0n) is 26.0. The van der Waals surface area contributed by atoms with E-state index >= 15 is 0 Å². The molecule has 0 aromatic rings. The van der Waals surface area contributed by atoms with Crippen LogP contribution in [0.2, 0.25) is 0 Å². The number of ketones is 2. The molecule has 2 aliphatic rings. The first-order chi connectivity index (χ1) is 17.2. The van der Waals surface area contributed by atoms with Crippen molar-refractivity contribution < 1.29 is 28.7 Å². The lowest BCUT2D eigenvalue weighted by atomic mass is 9.82. The first-order valence-electron chi connectivity index (χ1n) is 14.0. The third-order valence-corrected chi connectivity index (χ3v) is 6.83. The fraction of sp³-hybridized carbons (Fsp3) is 0.867. The molecule has 0 radical (unpaired) electrons. The van der Waals surface area contributed by atoms with Gasteiger partial charge in [0, 0.05) is 14.0 Å². The Morgan fingerprint density at radius 2 is 1.25 bits per heavy atom. The number of nitrogens with one attached hydrogen (secondary N) is 1. The number of hydrogen-bond acceptors (Lipinski definition) is 7. The summed E-state index contributed by atoms with van der Waals surface area (Å²) in [6.45, 7) is 12.4. The number of rotatable bonds is 7. The van der Waals surface area contributed by atoms with E-state index in [1.807, 2.05) is 27.8 Å². The van der Waals surface area contributed by atoms with Crippen molar-refractivity contribution in [2.45, 2.75) is 138 Å². The van der Waals surface area contributed by atoms with Crippen molar-refractivity contribution in [2.75, 3.05) is 20.7 Å². The van der Waals surface area contributed by atoms with Gasteiger partial charge in [0.25, 0.3) is 0 Å². The van der Waals surface area contributed by atoms with Crippen molar-refractivity contribution in [3.05, 3.63) is 0 Å². The molecule has 0 aromatic heterocycles. The number of Topliss-reactive ketones (excluding diaryl/α,β-unsaturated/α-hetero) is 2. The number of likely N-dealkylation sites (N-methyl/N-ethyl adjacent to an activating group) is 2. The molecule has 2 aliphatic carbocycles. The Kier molecular flexibility index (Phi) is 27.8. The average molecular weight is 611 g/mol. The smallest absolute Gasteiger partial charge is 0.410 e. The molecule has 1 N–H and O–H groups in total. The summed E-state index contributed by atoms with van der Waals surface area (Å²) in [5.41, 5.74) is -0.529. The van der Waals surface area contributed by atoms with Gasteiger partial charge in [-0.15, -0.1) is 0 Å². The van der Waals surface area contributed by atoms with E-state index < -0.39 is 11.7 Å². The Balaban J connectivity index is -0.000000266. The zero-order chi connectivity index (χ0) is 28.6. The minimum absolute atomic E-state index is 0. The number of amides is 1. The van der Waals surface area contributed by atoms with Crippen molar-refractivity contribution in [3.8, 4) is 0 Å². The average Bonchev–Trinajstić information content (AvgIpc) is 2.80. The van der Waals surface area contributed by atoms with Gasteiger partial charge >= 0.3 is 12.1 Å². The third-order valence-electron chi connectivity index (χ3n) is 6.83. The summed E-state index contributed by atoms with van der Waals surface area (Å²) in [6.07, 6.45) is 11.6. The van der Waals surface area contributed by atoms with Crippen LogP contribution in [0.3, 0.4) is 0 Å². The molecule has 10 heteroatoms. The predicted octanol–water partition coefficient (Wildman–Crippen LogP) is 6.57. The van der Waals surface area contributed by atoms with Crippen molar-refractivity contribution in [1.82, 2.24) is 10.2 Å². The lowest BCUT2D eigenvalue weighted by Crippen LogP contribution is -2.48. The van der Waals surface area contributed by atoms with Gasteiger partial charge in [-0.2, -0.15) is 27.0 Å². The predicted molar refractivity (Wildman–Crippen MR) is 175 cm³/mol. The van der Waals surface area contributed by atoms with E-state index in [9.17, 15) is 19.2 Å². The van der Waals surface area contributed by atoms with Gasteiger partial charge in [-0.3, -0.25) is 14.4 Å². The molecule has 2 rings (SSSR count). The quantitative estimate of drug-likeness (QED) is 0.326. The van der Waals surface area contributed by atoms with E-state index in [1.165, 1.54) is 50.3 Å². The van der Waals surface area contributed by atoms with Gasteiger partial charge in [-0.05, 0) is 86.1 Å². The highest BCUT2D eigenvalue weighted by Crippen LogP contribution is 2.30. The second-order valence-electron chi connectivity index (χ2n) is 11.2.